The maximum atomic E-state index is 12.8. The normalized spacial score (nSPS) is 17.7. The summed E-state index contributed by atoms with van der Waals surface area (Å²) in [6.07, 6.45) is 2.53. The van der Waals surface area contributed by atoms with E-state index in [0.29, 0.717) is 0 Å². The molecule has 1 N–H and O–H groups in total. The predicted molar refractivity (Wildman–Crippen MR) is 95.5 cm³/mol. The van der Waals surface area contributed by atoms with E-state index in [1.54, 1.807) is 36.4 Å². The van der Waals surface area contributed by atoms with Crippen molar-refractivity contribution in [2.75, 3.05) is 13.1 Å². The largest absolute Gasteiger partial charge is 0.489 e. The van der Waals surface area contributed by atoms with Crippen LogP contribution in [-0.4, -0.2) is 32.6 Å². The van der Waals surface area contributed by atoms with Crippen LogP contribution in [-0.2, 0) is 9.84 Å². The van der Waals surface area contributed by atoms with Gasteiger partial charge in [0.1, 0.15) is 11.9 Å². The van der Waals surface area contributed by atoms with Gasteiger partial charge in [0.05, 0.1) is 15.3 Å². The smallest absolute Gasteiger partial charge is 0.208 e. The standard InChI is InChI=1S/C19H18N2O3S/c22-25(23,17-4-2-1-3-5-17)18-11-14-10-15(6-7-19(14)21-13-18)24-16-8-9-20-12-16/h1-7,10-11,13,16,20H,8-9,12H2. The number of fused-ring (bicyclic) bond motifs is 1. The molecule has 1 aliphatic rings. The zero-order valence-corrected chi connectivity index (χ0v) is 14.4. The minimum atomic E-state index is -3.58. The van der Waals surface area contributed by atoms with Gasteiger partial charge in [0.25, 0.3) is 0 Å². The molecule has 2 aromatic carbocycles. The van der Waals surface area contributed by atoms with E-state index in [1.807, 2.05) is 18.2 Å². The molecular formula is C19H18N2O3S. The van der Waals surface area contributed by atoms with Crippen molar-refractivity contribution in [1.29, 1.82) is 0 Å². The molecule has 0 spiro atoms. The highest BCUT2D eigenvalue weighted by atomic mass is 32.2. The lowest BCUT2D eigenvalue weighted by Gasteiger charge is -2.13. The van der Waals surface area contributed by atoms with Crippen LogP contribution < -0.4 is 10.1 Å². The summed E-state index contributed by atoms with van der Waals surface area (Å²) in [5.41, 5.74) is 0.740. The highest BCUT2D eigenvalue weighted by Gasteiger charge is 2.19. The maximum Gasteiger partial charge on any atom is 0.208 e. The summed E-state index contributed by atoms with van der Waals surface area (Å²) in [6, 6.07) is 15.6. The number of benzene rings is 2. The molecule has 128 valence electrons. The Hall–Kier alpha value is -2.44. The first-order chi connectivity index (χ1) is 12.1. The fraction of sp³-hybridized carbons (Fsp3) is 0.211. The fourth-order valence-electron chi connectivity index (χ4n) is 2.97. The topological polar surface area (TPSA) is 68.3 Å². The lowest BCUT2D eigenvalue weighted by atomic mass is 10.2. The minimum Gasteiger partial charge on any atom is -0.489 e. The van der Waals surface area contributed by atoms with E-state index in [9.17, 15) is 8.42 Å². The van der Waals surface area contributed by atoms with Crippen molar-refractivity contribution in [1.82, 2.24) is 10.3 Å². The van der Waals surface area contributed by atoms with Gasteiger partial charge in [-0.1, -0.05) is 18.2 Å². The molecule has 25 heavy (non-hydrogen) atoms. The summed E-state index contributed by atoms with van der Waals surface area (Å²) in [5, 5.41) is 4.01. The highest BCUT2D eigenvalue weighted by Crippen LogP contribution is 2.26. The molecule has 0 saturated carbocycles. The Morgan fingerprint density at radius 1 is 1.04 bits per heavy atom. The number of sulfone groups is 1. The quantitative estimate of drug-likeness (QED) is 0.780. The van der Waals surface area contributed by atoms with Gasteiger partial charge < -0.3 is 10.1 Å². The van der Waals surface area contributed by atoms with E-state index in [2.05, 4.69) is 10.3 Å². The van der Waals surface area contributed by atoms with Gasteiger partial charge in [0, 0.05) is 18.1 Å². The van der Waals surface area contributed by atoms with Crippen LogP contribution in [0.5, 0.6) is 5.75 Å². The predicted octanol–water partition coefficient (Wildman–Crippen LogP) is 2.81. The average molecular weight is 354 g/mol. The number of nitrogens with zero attached hydrogens (tertiary/aromatic N) is 1. The zero-order chi connectivity index (χ0) is 17.3. The van der Waals surface area contributed by atoms with Crippen LogP contribution in [0, 0.1) is 0 Å². The number of aromatic nitrogens is 1. The van der Waals surface area contributed by atoms with Gasteiger partial charge in [-0.3, -0.25) is 4.98 Å². The van der Waals surface area contributed by atoms with E-state index >= 15 is 0 Å². The van der Waals surface area contributed by atoms with Crippen LogP contribution in [0.1, 0.15) is 6.42 Å². The molecule has 0 amide bonds. The second kappa shape index (κ2) is 6.46. The lowest BCUT2D eigenvalue weighted by Crippen LogP contribution is -2.19. The highest BCUT2D eigenvalue weighted by molar-refractivity contribution is 7.91. The lowest BCUT2D eigenvalue weighted by molar-refractivity contribution is 0.223. The molecule has 2 heterocycles. The molecule has 0 bridgehead atoms. The molecule has 1 fully saturated rings. The number of rotatable bonds is 4. The van der Waals surface area contributed by atoms with Gasteiger partial charge in [0.15, 0.2) is 0 Å². The van der Waals surface area contributed by atoms with E-state index < -0.39 is 9.84 Å². The Bertz CT molecular complexity index is 998. The van der Waals surface area contributed by atoms with Crippen molar-refractivity contribution in [2.45, 2.75) is 22.3 Å². The Morgan fingerprint density at radius 3 is 2.64 bits per heavy atom. The van der Waals surface area contributed by atoms with Gasteiger partial charge in [-0.05, 0) is 49.4 Å². The number of pyridine rings is 1. The molecule has 1 atom stereocenters. The summed E-state index contributed by atoms with van der Waals surface area (Å²) in [4.78, 5) is 4.75. The van der Waals surface area contributed by atoms with Crippen LogP contribution in [0.3, 0.4) is 0 Å². The Labute approximate surface area is 146 Å². The van der Waals surface area contributed by atoms with Gasteiger partial charge in [-0.15, -0.1) is 0 Å². The molecule has 4 rings (SSSR count). The summed E-state index contributed by atoms with van der Waals surface area (Å²) in [6.45, 7) is 1.79. The van der Waals surface area contributed by atoms with Gasteiger partial charge in [0.2, 0.25) is 9.84 Å². The Kier molecular flexibility index (Phi) is 4.15. The first-order valence-electron chi connectivity index (χ1n) is 8.20. The van der Waals surface area contributed by atoms with Crippen molar-refractivity contribution in [3.05, 3.63) is 60.8 Å². The zero-order valence-electron chi connectivity index (χ0n) is 13.6. The summed E-state index contributed by atoms with van der Waals surface area (Å²) in [5.74, 6) is 0.734. The third-order valence-electron chi connectivity index (χ3n) is 4.31. The van der Waals surface area contributed by atoms with Crippen molar-refractivity contribution >= 4 is 20.7 Å². The van der Waals surface area contributed by atoms with E-state index in [4.69, 9.17) is 4.74 Å². The van der Waals surface area contributed by atoms with Gasteiger partial charge in [-0.25, -0.2) is 8.42 Å². The second-order valence-corrected chi connectivity index (χ2v) is 8.02. The number of nitrogens with one attached hydrogen (secondary N) is 1. The molecule has 0 radical (unpaired) electrons. The van der Waals surface area contributed by atoms with Crippen LogP contribution in [0.15, 0.2) is 70.6 Å². The minimum absolute atomic E-state index is 0.154. The van der Waals surface area contributed by atoms with E-state index in [1.165, 1.54) is 6.20 Å². The van der Waals surface area contributed by atoms with E-state index in [0.717, 1.165) is 36.2 Å². The maximum absolute atomic E-state index is 12.8. The Balaban J connectivity index is 1.71. The van der Waals surface area contributed by atoms with E-state index in [-0.39, 0.29) is 15.9 Å². The third kappa shape index (κ3) is 3.23. The second-order valence-electron chi connectivity index (χ2n) is 6.07. The molecule has 6 heteroatoms. The molecule has 1 aliphatic heterocycles. The van der Waals surface area contributed by atoms with Gasteiger partial charge in [-0.2, -0.15) is 0 Å². The summed E-state index contributed by atoms with van der Waals surface area (Å²) in [7, 11) is -3.58. The molecular weight excluding hydrogens is 336 g/mol. The first kappa shape index (κ1) is 16.1. The monoisotopic (exact) mass is 354 g/mol. The van der Waals surface area contributed by atoms with Crippen LogP contribution in [0.2, 0.25) is 0 Å². The van der Waals surface area contributed by atoms with Crippen molar-refractivity contribution < 1.29 is 13.2 Å². The number of hydrogen-bond acceptors (Lipinski definition) is 5. The van der Waals surface area contributed by atoms with Crippen molar-refractivity contribution in [3.8, 4) is 5.75 Å². The molecule has 3 aromatic rings. The SMILES string of the molecule is O=S(=O)(c1ccccc1)c1cnc2ccc(OC3CCNC3)cc2c1. The number of hydrogen-bond donors (Lipinski definition) is 1. The third-order valence-corrected chi connectivity index (χ3v) is 6.05. The first-order valence-corrected chi connectivity index (χ1v) is 9.68. The number of ether oxygens (including phenoxy) is 1. The van der Waals surface area contributed by atoms with Crippen molar-refractivity contribution in [3.63, 3.8) is 0 Å². The summed E-state index contributed by atoms with van der Waals surface area (Å²) < 4.78 is 31.5. The molecule has 1 unspecified atom stereocenters. The molecule has 1 aromatic heterocycles. The fourth-order valence-corrected chi connectivity index (χ4v) is 4.23. The molecule has 0 aliphatic carbocycles. The molecule has 5 nitrogen and oxygen atoms in total. The van der Waals surface area contributed by atoms with Gasteiger partial charge >= 0.3 is 0 Å². The average Bonchev–Trinajstić information content (AvgIpc) is 3.15. The van der Waals surface area contributed by atoms with Crippen LogP contribution in [0.4, 0.5) is 0 Å². The van der Waals surface area contributed by atoms with Crippen LogP contribution >= 0.6 is 0 Å². The van der Waals surface area contributed by atoms with Crippen LogP contribution in [0.25, 0.3) is 10.9 Å². The van der Waals surface area contributed by atoms with Crippen molar-refractivity contribution in [2.24, 2.45) is 0 Å². The summed E-state index contributed by atoms with van der Waals surface area (Å²) >= 11 is 0. The molecule has 1 saturated heterocycles. The Morgan fingerprint density at radius 2 is 1.88 bits per heavy atom.